The van der Waals surface area contributed by atoms with Gasteiger partial charge in [-0.3, -0.25) is 4.79 Å². The first-order valence-corrected chi connectivity index (χ1v) is 9.58. The van der Waals surface area contributed by atoms with E-state index in [0.29, 0.717) is 32.1 Å². The van der Waals surface area contributed by atoms with Gasteiger partial charge < -0.3 is 20.1 Å². The second-order valence-electron chi connectivity index (χ2n) is 6.78. The Kier molecular flexibility index (Phi) is 11.5. The number of carbonyl (C=O) groups is 1. The Hall–Kier alpha value is -1.17. The van der Waals surface area contributed by atoms with Crippen molar-refractivity contribution in [1.29, 1.82) is 0 Å². The smallest absolute Gasteiger partial charge is 0.303 e. The van der Waals surface area contributed by atoms with Crippen LogP contribution in [0.3, 0.4) is 0 Å². The van der Waals surface area contributed by atoms with E-state index < -0.39 is 18.2 Å². The third-order valence-electron chi connectivity index (χ3n) is 4.50. The summed E-state index contributed by atoms with van der Waals surface area (Å²) in [6.07, 6.45) is 14.0. The SMILES string of the molecule is CCCCC/C=C\C[C@@H]1O[C@H]([C@H](O)C/C=C\CCCC(=O)O)C[C@@H]1O. The van der Waals surface area contributed by atoms with Crippen LogP contribution >= 0.6 is 0 Å². The molecule has 0 aliphatic carbocycles. The molecule has 5 heteroatoms. The van der Waals surface area contributed by atoms with Gasteiger partial charge in [-0.25, -0.2) is 0 Å². The predicted molar refractivity (Wildman–Crippen MR) is 98.4 cm³/mol. The number of rotatable bonds is 13. The molecule has 0 aromatic carbocycles. The Morgan fingerprint density at radius 1 is 1.16 bits per heavy atom. The molecule has 1 saturated heterocycles. The van der Waals surface area contributed by atoms with Gasteiger partial charge in [-0.05, 0) is 38.5 Å². The topological polar surface area (TPSA) is 87.0 Å². The average molecular weight is 354 g/mol. The van der Waals surface area contributed by atoms with Crippen molar-refractivity contribution in [3.63, 3.8) is 0 Å². The summed E-state index contributed by atoms with van der Waals surface area (Å²) in [4.78, 5) is 10.4. The lowest BCUT2D eigenvalue weighted by molar-refractivity contribution is -0.137. The molecule has 0 radical (unpaired) electrons. The van der Waals surface area contributed by atoms with Gasteiger partial charge in [0.25, 0.3) is 0 Å². The second-order valence-corrected chi connectivity index (χ2v) is 6.78. The molecule has 0 spiro atoms. The van der Waals surface area contributed by atoms with E-state index in [1.807, 2.05) is 12.2 Å². The molecule has 5 nitrogen and oxygen atoms in total. The molecule has 0 aromatic rings. The molecular weight excluding hydrogens is 320 g/mol. The summed E-state index contributed by atoms with van der Waals surface area (Å²) < 4.78 is 5.81. The van der Waals surface area contributed by atoms with Crippen molar-refractivity contribution < 1.29 is 24.9 Å². The van der Waals surface area contributed by atoms with Gasteiger partial charge in [0.1, 0.15) is 0 Å². The van der Waals surface area contributed by atoms with Crippen LogP contribution in [0, 0.1) is 0 Å². The zero-order valence-corrected chi connectivity index (χ0v) is 15.3. The van der Waals surface area contributed by atoms with Crippen molar-refractivity contribution in [3.05, 3.63) is 24.3 Å². The molecule has 4 atom stereocenters. The average Bonchev–Trinajstić information content (AvgIpc) is 2.94. The predicted octanol–water partition coefficient (Wildman–Crippen LogP) is 3.59. The van der Waals surface area contributed by atoms with Crippen LogP contribution in [-0.2, 0) is 9.53 Å². The van der Waals surface area contributed by atoms with Gasteiger partial charge in [0, 0.05) is 12.8 Å². The fraction of sp³-hybridized carbons (Fsp3) is 0.750. The minimum absolute atomic E-state index is 0.165. The van der Waals surface area contributed by atoms with E-state index in [9.17, 15) is 15.0 Å². The lowest BCUT2D eigenvalue weighted by Crippen LogP contribution is -2.25. The molecular formula is C20H34O5. The van der Waals surface area contributed by atoms with Gasteiger partial charge in [-0.2, -0.15) is 0 Å². The molecule has 0 aromatic heterocycles. The van der Waals surface area contributed by atoms with Crippen molar-refractivity contribution >= 4 is 5.97 Å². The number of allylic oxidation sites excluding steroid dienone is 2. The van der Waals surface area contributed by atoms with Crippen LogP contribution < -0.4 is 0 Å². The van der Waals surface area contributed by atoms with Crippen LogP contribution in [0.4, 0.5) is 0 Å². The van der Waals surface area contributed by atoms with E-state index in [1.54, 1.807) is 0 Å². The Balaban J connectivity index is 2.22. The summed E-state index contributed by atoms with van der Waals surface area (Å²) in [5.41, 5.74) is 0. The number of aliphatic hydroxyl groups is 2. The molecule has 0 saturated carbocycles. The van der Waals surface area contributed by atoms with Gasteiger partial charge in [0.05, 0.1) is 24.4 Å². The van der Waals surface area contributed by atoms with Crippen molar-refractivity contribution in [2.24, 2.45) is 0 Å². The maximum absolute atomic E-state index is 10.4. The maximum atomic E-state index is 10.4. The Morgan fingerprint density at radius 3 is 2.60 bits per heavy atom. The molecule has 1 aliphatic heterocycles. The molecule has 144 valence electrons. The van der Waals surface area contributed by atoms with Crippen molar-refractivity contribution in [2.75, 3.05) is 0 Å². The molecule has 1 heterocycles. The van der Waals surface area contributed by atoms with E-state index in [-0.39, 0.29) is 18.6 Å². The summed E-state index contributed by atoms with van der Waals surface area (Å²) in [5.74, 6) is -0.785. The van der Waals surface area contributed by atoms with E-state index >= 15 is 0 Å². The number of aliphatic hydroxyl groups excluding tert-OH is 2. The van der Waals surface area contributed by atoms with E-state index in [2.05, 4.69) is 19.1 Å². The normalized spacial score (nSPS) is 25.2. The third-order valence-corrected chi connectivity index (χ3v) is 4.50. The number of unbranched alkanes of at least 4 members (excludes halogenated alkanes) is 4. The van der Waals surface area contributed by atoms with Crippen molar-refractivity contribution in [2.45, 2.75) is 95.5 Å². The van der Waals surface area contributed by atoms with E-state index in [1.165, 1.54) is 19.3 Å². The van der Waals surface area contributed by atoms with Gasteiger partial charge in [0.2, 0.25) is 0 Å². The number of ether oxygens (including phenoxy) is 1. The Bertz CT molecular complexity index is 418. The summed E-state index contributed by atoms with van der Waals surface area (Å²) in [7, 11) is 0. The Labute approximate surface area is 151 Å². The molecule has 0 bridgehead atoms. The molecule has 0 amide bonds. The Morgan fingerprint density at radius 2 is 1.88 bits per heavy atom. The van der Waals surface area contributed by atoms with Crippen molar-refractivity contribution in [3.8, 4) is 0 Å². The fourth-order valence-corrected chi connectivity index (χ4v) is 2.96. The van der Waals surface area contributed by atoms with Crippen LogP contribution in [0.5, 0.6) is 0 Å². The molecule has 3 N–H and O–H groups in total. The highest BCUT2D eigenvalue weighted by Gasteiger charge is 2.36. The molecule has 1 rings (SSSR count). The van der Waals surface area contributed by atoms with Crippen LogP contribution in [-0.4, -0.2) is 45.7 Å². The second kappa shape index (κ2) is 13.1. The lowest BCUT2D eigenvalue weighted by Gasteiger charge is -2.17. The first kappa shape index (κ1) is 21.9. The molecule has 1 fully saturated rings. The van der Waals surface area contributed by atoms with Crippen molar-refractivity contribution in [1.82, 2.24) is 0 Å². The first-order valence-electron chi connectivity index (χ1n) is 9.58. The number of hydrogen-bond donors (Lipinski definition) is 3. The van der Waals surface area contributed by atoms with Gasteiger partial charge in [0.15, 0.2) is 0 Å². The van der Waals surface area contributed by atoms with Crippen LogP contribution in [0.2, 0.25) is 0 Å². The minimum atomic E-state index is -0.785. The standard InChI is InChI=1S/C20H34O5/c1-2-3-4-5-6-10-13-18-17(22)15-19(25-18)16(21)12-9-7-8-11-14-20(23)24/h6-7,9-10,16-19,21-22H,2-5,8,11-15H2,1H3,(H,23,24)/b9-7-,10-6-/t16-,17+,18+,19+/m1/s1. The van der Waals surface area contributed by atoms with Crippen LogP contribution in [0.15, 0.2) is 24.3 Å². The fourth-order valence-electron chi connectivity index (χ4n) is 2.96. The number of carboxylic acids is 1. The zero-order valence-electron chi connectivity index (χ0n) is 15.3. The quantitative estimate of drug-likeness (QED) is 0.347. The van der Waals surface area contributed by atoms with E-state index in [4.69, 9.17) is 9.84 Å². The number of carboxylic acid groups (broad SMARTS) is 1. The van der Waals surface area contributed by atoms with Crippen LogP contribution in [0.1, 0.15) is 71.1 Å². The molecule has 0 unspecified atom stereocenters. The van der Waals surface area contributed by atoms with Gasteiger partial charge in [-0.1, -0.05) is 44.1 Å². The lowest BCUT2D eigenvalue weighted by atomic mass is 10.0. The monoisotopic (exact) mass is 354 g/mol. The summed E-state index contributed by atoms with van der Waals surface area (Å²) in [5, 5.41) is 28.9. The first-order chi connectivity index (χ1) is 12.0. The summed E-state index contributed by atoms with van der Waals surface area (Å²) in [6.45, 7) is 2.18. The largest absolute Gasteiger partial charge is 0.481 e. The van der Waals surface area contributed by atoms with Crippen LogP contribution in [0.25, 0.3) is 0 Å². The number of aliphatic carboxylic acids is 1. The summed E-state index contributed by atoms with van der Waals surface area (Å²) >= 11 is 0. The highest BCUT2D eigenvalue weighted by Crippen LogP contribution is 2.26. The summed E-state index contributed by atoms with van der Waals surface area (Å²) in [6, 6.07) is 0. The van der Waals surface area contributed by atoms with Gasteiger partial charge in [-0.15, -0.1) is 0 Å². The highest BCUT2D eigenvalue weighted by molar-refractivity contribution is 5.66. The zero-order chi connectivity index (χ0) is 18.5. The third kappa shape index (κ3) is 9.78. The maximum Gasteiger partial charge on any atom is 0.303 e. The molecule has 1 aliphatic rings. The number of hydrogen-bond acceptors (Lipinski definition) is 4. The van der Waals surface area contributed by atoms with Gasteiger partial charge >= 0.3 is 5.97 Å². The minimum Gasteiger partial charge on any atom is -0.481 e. The molecule has 25 heavy (non-hydrogen) atoms. The highest BCUT2D eigenvalue weighted by atomic mass is 16.5. The van der Waals surface area contributed by atoms with E-state index in [0.717, 1.165) is 6.42 Å².